The van der Waals surface area contributed by atoms with Crippen LogP contribution in [-0.2, 0) is 24.5 Å². The highest BCUT2D eigenvalue weighted by Crippen LogP contribution is 2.40. The van der Waals surface area contributed by atoms with Crippen molar-refractivity contribution < 1.29 is 35.8 Å². The Morgan fingerprint density at radius 2 is 1.69 bits per heavy atom. The molecule has 1 N–H and O–H groups in total. The third-order valence-electron chi connectivity index (χ3n) is 5.22. The Kier molecular flexibility index (Phi) is 8.14. The van der Waals surface area contributed by atoms with Crippen LogP contribution in [0.25, 0.3) is 0 Å². The number of aromatic nitrogens is 4. The third-order valence-corrected chi connectivity index (χ3v) is 6.18. The number of hydrogen-bond donors (Lipinski definition) is 1. The number of hydrogen-bond acceptors (Lipinski definition) is 7. The summed E-state index contributed by atoms with van der Waals surface area (Å²) in [5.41, 5.74) is -1.51. The van der Waals surface area contributed by atoms with Crippen molar-refractivity contribution in [2.45, 2.75) is 29.7 Å². The van der Waals surface area contributed by atoms with Crippen LogP contribution in [0.2, 0.25) is 0 Å². The summed E-state index contributed by atoms with van der Waals surface area (Å²) in [6.07, 6.45) is -4.84. The van der Waals surface area contributed by atoms with Crippen LogP contribution in [-0.4, -0.2) is 27.0 Å². The SMILES string of the molecule is COc1ncc(Cc2c[nH]c(SCc3ccc(Oc4cccc(C(F)(F)F)c4)c(C(F)(F)F)c3)nc2=O)cn1. The predicted molar refractivity (Wildman–Crippen MR) is 129 cm³/mol. The Hall–Kier alpha value is -4.07. The number of benzene rings is 2. The molecule has 14 heteroatoms. The second-order valence-electron chi connectivity index (χ2n) is 8.04. The van der Waals surface area contributed by atoms with E-state index in [1.54, 1.807) is 0 Å². The molecule has 2 heterocycles. The molecule has 2 aromatic heterocycles. The largest absolute Gasteiger partial charge is 0.467 e. The van der Waals surface area contributed by atoms with Crippen molar-refractivity contribution in [1.29, 1.82) is 0 Å². The molecule has 0 unspecified atom stereocenters. The van der Waals surface area contributed by atoms with Gasteiger partial charge in [0.25, 0.3) is 5.56 Å². The second-order valence-corrected chi connectivity index (χ2v) is 9.00. The molecule has 0 atom stereocenters. The summed E-state index contributed by atoms with van der Waals surface area (Å²) in [4.78, 5) is 27.1. The summed E-state index contributed by atoms with van der Waals surface area (Å²) >= 11 is 1.00. The number of aromatic amines is 1. The minimum atomic E-state index is -4.84. The Morgan fingerprint density at radius 1 is 0.949 bits per heavy atom. The zero-order chi connectivity index (χ0) is 28.2. The van der Waals surface area contributed by atoms with Crippen LogP contribution in [0.5, 0.6) is 17.5 Å². The molecule has 0 spiro atoms. The van der Waals surface area contributed by atoms with Gasteiger partial charge in [-0.2, -0.15) is 31.3 Å². The number of nitrogens with zero attached hydrogens (tertiary/aromatic N) is 3. The van der Waals surface area contributed by atoms with E-state index >= 15 is 0 Å². The monoisotopic (exact) mass is 568 g/mol. The number of thioether (sulfide) groups is 1. The van der Waals surface area contributed by atoms with Gasteiger partial charge >= 0.3 is 18.4 Å². The second kappa shape index (κ2) is 11.4. The minimum absolute atomic E-state index is 0.0154. The molecule has 7 nitrogen and oxygen atoms in total. The summed E-state index contributed by atoms with van der Waals surface area (Å²) in [5.74, 6) is -1.02. The Labute approximate surface area is 221 Å². The molecule has 0 aliphatic heterocycles. The van der Waals surface area contributed by atoms with Gasteiger partial charge in [0.2, 0.25) is 0 Å². The van der Waals surface area contributed by atoms with E-state index < -0.39 is 34.8 Å². The van der Waals surface area contributed by atoms with Crippen molar-refractivity contribution in [1.82, 2.24) is 19.9 Å². The van der Waals surface area contributed by atoms with E-state index in [9.17, 15) is 31.1 Å². The number of ether oxygens (including phenoxy) is 2. The summed E-state index contributed by atoms with van der Waals surface area (Å²) < 4.78 is 90.1. The first-order chi connectivity index (χ1) is 18.4. The van der Waals surface area contributed by atoms with E-state index in [4.69, 9.17) is 9.47 Å². The maximum Gasteiger partial charge on any atom is 0.419 e. The highest BCUT2D eigenvalue weighted by molar-refractivity contribution is 7.98. The average molecular weight is 568 g/mol. The van der Waals surface area contributed by atoms with Gasteiger partial charge in [0.05, 0.1) is 18.2 Å². The van der Waals surface area contributed by atoms with Crippen LogP contribution in [0.4, 0.5) is 26.3 Å². The van der Waals surface area contributed by atoms with Crippen LogP contribution >= 0.6 is 11.8 Å². The lowest BCUT2D eigenvalue weighted by Gasteiger charge is -2.16. The van der Waals surface area contributed by atoms with Crippen LogP contribution in [0, 0.1) is 0 Å². The molecule has 0 bridgehead atoms. The zero-order valence-electron chi connectivity index (χ0n) is 19.9. The summed E-state index contributed by atoms with van der Waals surface area (Å²) in [5, 5.41) is 0.188. The predicted octanol–water partition coefficient (Wildman–Crippen LogP) is 6.28. The maximum absolute atomic E-state index is 13.7. The first-order valence-corrected chi connectivity index (χ1v) is 12.0. The summed E-state index contributed by atoms with van der Waals surface area (Å²) in [6, 6.07) is 6.99. The lowest BCUT2D eigenvalue weighted by atomic mass is 10.1. The Balaban J connectivity index is 1.47. The number of halogens is 6. The van der Waals surface area contributed by atoms with Gasteiger partial charge in [-0.15, -0.1) is 0 Å². The first kappa shape index (κ1) is 28.0. The molecule has 4 rings (SSSR count). The highest BCUT2D eigenvalue weighted by Gasteiger charge is 2.35. The van der Waals surface area contributed by atoms with Crippen molar-refractivity contribution >= 4 is 11.8 Å². The molecular weight excluding hydrogens is 550 g/mol. The summed E-state index contributed by atoms with van der Waals surface area (Å²) in [6.45, 7) is 0. The third kappa shape index (κ3) is 7.28. The normalized spacial score (nSPS) is 11.9. The smallest absolute Gasteiger partial charge is 0.419 e. The van der Waals surface area contributed by atoms with Crippen LogP contribution in [0.3, 0.4) is 0 Å². The van der Waals surface area contributed by atoms with Crippen LogP contribution in [0.1, 0.15) is 27.8 Å². The van der Waals surface area contributed by atoms with Gasteiger partial charge in [0.1, 0.15) is 11.5 Å². The number of H-pyrrole nitrogens is 1. The molecule has 4 aromatic rings. The topological polar surface area (TPSA) is 90.0 Å². The molecule has 0 amide bonds. The first-order valence-electron chi connectivity index (χ1n) is 11.0. The van der Waals surface area contributed by atoms with Gasteiger partial charge < -0.3 is 14.5 Å². The number of rotatable bonds is 8. The summed E-state index contributed by atoms with van der Waals surface area (Å²) in [7, 11) is 1.42. The molecule has 0 fully saturated rings. The molecule has 0 radical (unpaired) electrons. The van der Waals surface area contributed by atoms with E-state index in [1.807, 2.05) is 0 Å². The van der Waals surface area contributed by atoms with Crippen LogP contribution < -0.4 is 15.0 Å². The van der Waals surface area contributed by atoms with E-state index in [2.05, 4.69) is 19.9 Å². The lowest BCUT2D eigenvalue weighted by molar-refractivity contribution is -0.139. The fourth-order valence-electron chi connectivity index (χ4n) is 3.36. The fourth-order valence-corrected chi connectivity index (χ4v) is 4.13. The molecule has 39 heavy (non-hydrogen) atoms. The average Bonchev–Trinajstić information content (AvgIpc) is 2.89. The van der Waals surface area contributed by atoms with Crippen molar-refractivity contribution in [2.75, 3.05) is 7.11 Å². The van der Waals surface area contributed by atoms with Gasteiger partial charge in [-0.3, -0.25) is 4.79 Å². The molecule has 0 aliphatic carbocycles. The number of alkyl halides is 6. The van der Waals surface area contributed by atoms with Gasteiger partial charge in [-0.1, -0.05) is 23.9 Å². The standard InChI is InChI=1S/C25H18F6N4O3S/c1-37-22-32-10-15(11-33-22)7-16-12-34-23(35-21(16)36)39-13-14-5-6-20(19(8-14)25(29,30)31)38-18-4-2-3-17(9-18)24(26,27)28/h2-6,8-12H,7,13H2,1H3,(H,34,35,36). The molecule has 0 saturated carbocycles. The molecule has 204 valence electrons. The lowest BCUT2D eigenvalue weighted by Crippen LogP contribution is -2.15. The minimum Gasteiger partial charge on any atom is -0.467 e. The fraction of sp³-hybridized carbons (Fsp3) is 0.200. The Bertz CT molecular complexity index is 1510. The molecule has 0 aliphatic rings. The van der Waals surface area contributed by atoms with Crippen LogP contribution in [0.15, 0.2) is 71.0 Å². The quantitative estimate of drug-likeness (QED) is 0.152. The van der Waals surface area contributed by atoms with Gasteiger partial charge in [-0.05, 0) is 41.5 Å². The molecule has 0 saturated heterocycles. The molecular formula is C25H18F6N4O3S. The Morgan fingerprint density at radius 3 is 2.33 bits per heavy atom. The highest BCUT2D eigenvalue weighted by atomic mass is 32.2. The zero-order valence-corrected chi connectivity index (χ0v) is 20.7. The van der Waals surface area contributed by atoms with E-state index in [1.165, 1.54) is 31.8 Å². The number of nitrogens with one attached hydrogen (secondary N) is 1. The number of methoxy groups -OCH3 is 1. The van der Waals surface area contributed by atoms with Crippen molar-refractivity contribution in [3.05, 3.63) is 99.2 Å². The van der Waals surface area contributed by atoms with E-state index in [0.29, 0.717) is 17.2 Å². The van der Waals surface area contributed by atoms with Crippen molar-refractivity contribution in [2.24, 2.45) is 0 Å². The van der Waals surface area contributed by atoms with Gasteiger partial charge in [0, 0.05) is 36.3 Å². The van der Waals surface area contributed by atoms with Crippen molar-refractivity contribution in [3.8, 4) is 17.5 Å². The van der Waals surface area contributed by atoms with E-state index in [0.717, 1.165) is 42.1 Å². The maximum atomic E-state index is 13.7. The van der Waals surface area contributed by atoms with Gasteiger partial charge in [-0.25, -0.2) is 9.97 Å². The van der Waals surface area contributed by atoms with E-state index in [-0.39, 0.29) is 34.7 Å². The van der Waals surface area contributed by atoms with Crippen molar-refractivity contribution in [3.63, 3.8) is 0 Å². The van der Waals surface area contributed by atoms with Gasteiger partial charge in [0.15, 0.2) is 5.16 Å². The molecule has 2 aromatic carbocycles.